The van der Waals surface area contributed by atoms with Crippen molar-refractivity contribution in [3.63, 3.8) is 0 Å². The lowest BCUT2D eigenvalue weighted by Gasteiger charge is -2.07. The van der Waals surface area contributed by atoms with E-state index in [1.807, 2.05) is 6.07 Å². The zero-order valence-corrected chi connectivity index (χ0v) is 17.9. The number of imidazole rings is 1. The smallest absolute Gasteiger partial charge is 0.144 e. The molecule has 0 radical (unpaired) electrons. The fraction of sp³-hybridized carbons (Fsp3) is 0.500. The predicted octanol–water partition coefficient (Wildman–Crippen LogP) is 6.45. The van der Waals surface area contributed by atoms with Gasteiger partial charge in [0.1, 0.15) is 5.82 Å². The molecule has 0 atom stereocenters. The zero-order chi connectivity index (χ0) is 19.3. The molecule has 0 aliphatic carbocycles. The van der Waals surface area contributed by atoms with Crippen molar-refractivity contribution in [3.05, 3.63) is 34.7 Å². The number of anilines is 1. The van der Waals surface area contributed by atoms with Gasteiger partial charge in [0.15, 0.2) is 0 Å². The minimum atomic E-state index is 0.884. The highest BCUT2D eigenvalue weighted by Gasteiger charge is 2.20. The number of nitrogens with zero attached hydrogens (tertiary/aromatic N) is 2. The summed E-state index contributed by atoms with van der Waals surface area (Å²) < 4.78 is 2.16. The van der Waals surface area contributed by atoms with E-state index in [1.54, 1.807) is 11.3 Å². The van der Waals surface area contributed by atoms with Gasteiger partial charge in [-0.2, -0.15) is 0 Å². The number of aryl methyl sites for hydroxylation is 2. The van der Waals surface area contributed by atoms with Crippen molar-refractivity contribution in [1.29, 1.82) is 0 Å². The maximum Gasteiger partial charge on any atom is 0.144 e. The summed E-state index contributed by atoms with van der Waals surface area (Å²) in [5.74, 6) is 1.88. The number of benzene rings is 1. The number of rotatable bonds is 5. The highest BCUT2D eigenvalue weighted by Crippen LogP contribution is 2.40. The number of fused-ring (bicyclic) bond motifs is 1. The Labute approximate surface area is 162 Å². The average Bonchev–Trinajstić information content (AvgIpc) is 3.12. The Morgan fingerprint density at radius 1 is 1.15 bits per heavy atom. The molecule has 4 heteroatoms. The molecule has 2 aromatic heterocycles. The lowest BCUT2D eigenvalue weighted by molar-refractivity contribution is 0.626. The van der Waals surface area contributed by atoms with Gasteiger partial charge in [-0.1, -0.05) is 59.6 Å². The summed E-state index contributed by atoms with van der Waals surface area (Å²) in [6, 6.07) is 8.24. The van der Waals surface area contributed by atoms with Gasteiger partial charge in [0.05, 0.1) is 21.6 Å². The van der Waals surface area contributed by atoms with E-state index in [4.69, 9.17) is 10.7 Å². The van der Waals surface area contributed by atoms with E-state index in [2.05, 4.69) is 64.4 Å². The van der Waals surface area contributed by atoms with Gasteiger partial charge in [0, 0.05) is 11.9 Å². The summed E-state index contributed by atoms with van der Waals surface area (Å²) in [7, 11) is 2.07. The van der Waals surface area contributed by atoms with Crippen LogP contribution in [0.2, 0.25) is 0 Å². The molecule has 1 aromatic carbocycles. The monoisotopic (exact) mass is 371 g/mol. The highest BCUT2D eigenvalue weighted by molar-refractivity contribution is 7.16. The summed E-state index contributed by atoms with van der Waals surface area (Å²) in [4.78, 5) is 6.22. The van der Waals surface area contributed by atoms with Crippen LogP contribution in [-0.4, -0.2) is 9.55 Å². The third kappa shape index (κ3) is 4.29. The minimum absolute atomic E-state index is 0.884. The van der Waals surface area contributed by atoms with Gasteiger partial charge in [0.2, 0.25) is 0 Å². The molecular formula is C22H33N3S. The number of thiophene rings is 1. The van der Waals surface area contributed by atoms with Gasteiger partial charge in [0.25, 0.3) is 0 Å². The van der Waals surface area contributed by atoms with E-state index < -0.39 is 0 Å². The first-order valence-corrected chi connectivity index (χ1v) is 10.6. The molecule has 0 unspecified atom stereocenters. The number of nitrogens with two attached hydrogens (primary N) is 1. The van der Waals surface area contributed by atoms with Gasteiger partial charge >= 0.3 is 0 Å². The topological polar surface area (TPSA) is 43.8 Å². The van der Waals surface area contributed by atoms with Crippen molar-refractivity contribution in [2.24, 2.45) is 13.0 Å². The fourth-order valence-corrected chi connectivity index (χ4v) is 4.00. The predicted molar refractivity (Wildman–Crippen MR) is 117 cm³/mol. The summed E-state index contributed by atoms with van der Waals surface area (Å²) in [5, 5.41) is 0.897. The molecule has 0 amide bonds. The number of nitrogen functional groups attached to an aromatic ring is 1. The molecule has 0 aliphatic heterocycles. The minimum Gasteiger partial charge on any atom is -0.390 e. The van der Waals surface area contributed by atoms with Crippen molar-refractivity contribution in [2.45, 2.75) is 60.3 Å². The first kappa shape index (κ1) is 20.5. The van der Waals surface area contributed by atoms with Gasteiger partial charge in [-0.05, 0) is 36.5 Å². The van der Waals surface area contributed by atoms with E-state index in [0.717, 1.165) is 52.6 Å². The number of hydrogen-bond acceptors (Lipinski definition) is 3. The van der Waals surface area contributed by atoms with Crippen molar-refractivity contribution in [3.8, 4) is 11.4 Å². The van der Waals surface area contributed by atoms with E-state index in [-0.39, 0.29) is 0 Å². The number of aromatic nitrogens is 2. The zero-order valence-electron chi connectivity index (χ0n) is 17.1. The van der Waals surface area contributed by atoms with Crippen molar-refractivity contribution >= 4 is 27.4 Å². The van der Waals surface area contributed by atoms with Crippen LogP contribution < -0.4 is 5.73 Å². The molecule has 0 saturated carbocycles. The molecule has 142 valence electrons. The molecule has 0 aliphatic rings. The second kappa shape index (κ2) is 9.22. The van der Waals surface area contributed by atoms with Crippen LogP contribution in [0.1, 0.15) is 57.9 Å². The molecule has 3 nitrogen and oxygen atoms in total. The molecule has 3 aromatic rings. The largest absolute Gasteiger partial charge is 0.390 e. The first-order chi connectivity index (χ1) is 12.4. The third-order valence-electron chi connectivity index (χ3n) is 4.77. The molecule has 3 rings (SSSR count). The van der Waals surface area contributed by atoms with Gasteiger partial charge in [-0.25, -0.2) is 4.98 Å². The van der Waals surface area contributed by atoms with Crippen molar-refractivity contribution in [2.75, 3.05) is 5.73 Å². The lowest BCUT2D eigenvalue weighted by Crippen LogP contribution is -1.98. The Hall–Kier alpha value is -1.81. The maximum atomic E-state index is 6.34. The van der Waals surface area contributed by atoms with Crippen LogP contribution in [0.15, 0.2) is 24.3 Å². The SMILES string of the molecule is CCC(C)C.CCCc1c(CC)sc(N)c1-c1nc2ccccc2n1C. The van der Waals surface area contributed by atoms with E-state index >= 15 is 0 Å². The average molecular weight is 372 g/mol. The summed E-state index contributed by atoms with van der Waals surface area (Å²) in [5.41, 5.74) is 11.1. The van der Waals surface area contributed by atoms with Crippen molar-refractivity contribution < 1.29 is 0 Å². The second-order valence-corrected chi connectivity index (χ2v) is 8.27. The number of hydrogen-bond donors (Lipinski definition) is 1. The highest BCUT2D eigenvalue weighted by atomic mass is 32.1. The molecule has 2 heterocycles. The van der Waals surface area contributed by atoms with Gasteiger partial charge in [-0.15, -0.1) is 11.3 Å². The Morgan fingerprint density at radius 3 is 2.35 bits per heavy atom. The standard InChI is InChI=1S/C17H21N3S.C5H12/c1-4-8-11-14(5-2)21-16(18)15(11)17-19-12-9-6-7-10-13(12)20(17)3;1-4-5(2)3/h6-7,9-10H,4-5,8,18H2,1-3H3;5H,4H2,1-3H3. The lowest BCUT2D eigenvalue weighted by atomic mass is 10.0. The van der Waals surface area contributed by atoms with Crippen molar-refractivity contribution in [1.82, 2.24) is 9.55 Å². The van der Waals surface area contributed by atoms with Crippen LogP contribution in [0.25, 0.3) is 22.4 Å². The van der Waals surface area contributed by atoms with Crippen LogP contribution in [0.4, 0.5) is 5.00 Å². The van der Waals surface area contributed by atoms with Gasteiger partial charge < -0.3 is 10.3 Å². The summed E-state index contributed by atoms with van der Waals surface area (Å²) in [6.07, 6.45) is 4.53. The Bertz CT molecular complexity index is 843. The van der Waals surface area contributed by atoms with Crippen LogP contribution in [-0.2, 0) is 19.9 Å². The molecule has 0 spiro atoms. The fourth-order valence-electron chi connectivity index (χ4n) is 2.95. The number of para-hydroxylation sites is 2. The van der Waals surface area contributed by atoms with E-state index in [1.165, 1.54) is 16.9 Å². The quantitative estimate of drug-likeness (QED) is 0.560. The summed E-state index contributed by atoms with van der Waals surface area (Å²) >= 11 is 1.72. The molecule has 2 N–H and O–H groups in total. The first-order valence-electron chi connectivity index (χ1n) is 9.76. The van der Waals surface area contributed by atoms with Crippen LogP contribution in [0.3, 0.4) is 0 Å². The van der Waals surface area contributed by atoms with Gasteiger partial charge in [-0.3, -0.25) is 0 Å². The van der Waals surface area contributed by atoms with E-state index in [0.29, 0.717) is 0 Å². The van der Waals surface area contributed by atoms with Crippen LogP contribution in [0, 0.1) is 5.92 Å². The van der Waals surface area contributed by atoms with Crippen LogP contribution >= 0.6 is 11.3 Å². The molecule has 0 fully saturated rings. The summed E-state index contributed by atoms with van der Waals surface area (Å²) in [6.45, 7) is 11.1. The second-order valence-electron chi connectivity index (χ2n) is 7.13. The van der Waals surface area contributed by atoms with E-state index in [9.17, 15) is 0 Å². The normalized spacial score (nSPS) is 11.0. The van der Waals surface area contributed by atoms with Crippen LogP contribution in [0.5, 0.6) is 0 Å². The molecule has 26 heavy (non-hydrogen) atoms. The Morgan fingerprint density at radius 2 is 1.81 bits per heavy atom. The molecule has 0 bridgehead atoms. The molecular weight excluding hydrogens is 338 g/mol. The Kier molecular flexibility index (Phi) is 7.27. The maximum absolute atomic E-state index is 6.34. The third-order valence-corrected chi connectivity index (χ3v) is 5.97. The molecule has 0 saturated heterocycles. The Balaban J connectivity index is 0.000000431.